The van der Waals surface area contributed by atoms with Crippen LogP contribution >= 0.6 is 7.82 Å². The van der Waals surface area contributed by atoms with Crippen molar-refractivity contribution in [3.8, 4) is 0 Å². The molecule has 0 fully saturated rings. The van der Waals surface area contributed by atoms with Crippen molar-refractivity contribution in [2.75, 3.05) is 47.5 Å². The fourth-order valence-electron chi connectivity index (χ4n) is 2.89. The molecular weight excluding hydrogens is 421 g/mol. The fraction of sp³-hybridized carbons (Fsp3) is 0.955. The van der Waals surface area contributed by atoms with Crippen LogP contribution in [0.4, 0.5) is 0 Å². The third kappa shape index (κ3) is 22.5. The molecule has 9 heteroatoms. The molecule has 0 amide bonds. The number of unbranched alkanes of at least 4 members (excludes halogenated alkanes) is 10. The van der Waals surface area contributed by atoms with Crippen molar-refractivity contribution in [3.05, 3.63) is 0 Å². The minimum absolute atomic E-state index is 0.0569. The Morgan fingerprint density at radius 2 is 1.39 bits per heavy atom. The Kier molecular flexibility index (Phi) is 17.7. The van der Waals surface area contributed by atoms with Gasteiger partial charge in [0.05, 0.1) is 27.7 Å². The lowest BCUT2D eigenvalue weighted by Crippen LogP contribution is -2.37. The number of phosphoric ester groups is 1. The Morgan fingerprint density at radius 1 is 0.871 bits per heavy atom. The first kappa shape index (κ1) is 30.5. The number of carbonyl (C=O) groups is 1. The quantitative estimate of drug-likeness (QED) is 0.111. The van der Waals surface area contributed by atoms with Gasteiger partial charge >= 0.3 is 13.8 Å². The average molecular weight is 469 g/mol. The SMILES string of the molecule is CCCCCCCCCCCCCC(=O)OC[C@H](O)COP(=O)(O)OCC[N+](C)(C)C. The van der Waals surface area contributed by atoms with Crippen molar-refractivity contribution in [2.45, 2.75) is 90.1 Å². The molecule has 2 N–H and O–H groups in total. The van der Waals surface area contributed by atoms with E-state index >= 15 is 0 Å². The molecule has 0 aliphatic carbocycles. The second-order valence-electron chi connectivity index (χ2n) is 9.23. The average Bonchev–Trinajstić information content (AvgIpc) is 2.67. The van der Waals surface area contributed by atoms with Gasteiger partial charge in [0.1, 0.15) is 25.9 Å². The number of rotatable bonds is 21. The third-order valence-corrected chi connectivity index (χ3v) is 5.85. The molecule has 0 radical (unpaired) electrons. The first-order chi connectivity index (χ1) is 14.6. The number of esters is 1. The molecule has 0 saturated carbocycles. The highest BCUT2D eigenvalue weighted by molar-refractivity contribution is 7.47. The highest BCUT2D eigenvalue weighted by atomic mass is 31.2. The lowest BCUT2D eigenvalue weighted by molar-refractivity contribution is -0.870. The van der Waals surface area contributed by atoms with Gasteiger partial charge in [0.2, 0.25) is 0 Å². The van der Waals surface area contributed by atoms with Crippen LogP contribution in [0.5, 0.6) is 0 Å². The van der Waals surface area contributed by atoms with Gasteiger partial charge in [0.15, 0.2) is 0 Å². The van der Waals surface area contributed by atoms with Gasteiger partial charge in [0, 0.05) is 6.42 Å². The van der Waals surface area contributed by atoms with Crippen LogP contribution in [0.1, 0.15) is 84.0 Å². The number of likely N-dealkylation sites (N-methyl/N-ethyl adjacent to an activating group) is 1. The number of ether oxygens (including phenoxy) is 1. The molecule has 0 spiro atoms. The summed E-state index contributed by atoms with van der Waals surface area (Å²) in [6.45, 7) is 2.11. The van der Waals surface area contributed by atoms with Crippen LogP contribution in [-0.2, 0) is 23.1 Å². The normalized spacial score (nSPS) is 14.9. The number of aliphatic hydroxyl groups is 1. The zero-order chi connectivity index (χ0) is 23.6. The lowest BCUT2D eigenvalue weighted by atomic mass is 10.1. The summed E-state index contributed by atoms with van der Waals surface area (Å²) in [4.78, 5) is 21.3. The molecule has 0 aromatic heterocycles. The predicted octanol–water partition coefficient (Wildman–Crippen LogP) is 4.43. The molecule has 1 unspecified atom stereocenters. The van der Waals surface area contributed by atoms with Crippen molar-refractivity contribution < 1.29 is 37.6 Å². The van der Waals surface area contributed by atoms with E-state index in [-0.39, 0.29) is 19.2 Å². The number of phosphoric acid groups is 1. The predicted molar refractivity (Wildman–Crippen MR) is 123 cm³/mol. The van der Waals surface area contributed by atoms with Crippen LogP contribution in [-0.4, -0.2) is 74.1 Å². The second-order valence-corrected chi connectivity index (χ2v) is 10.7. The number of aliphatic hydroxyl groups excluding tert-OH is 1. The summed E-state index contributed by atoms with van der Waals surface area (Å²) in [7, 11) is 1.56. The molecule has 0 aliphatic rings. The van der Waals surface area contributed by atoms with Crippen LogP contribution in [0.2, 0.25) is 0 Å². The van der Waals surface area contributed by atoms with E-state index in [0.717, 1.165) is 19.3 Å². The summed E-state index contributed by atoms with van der Waals surface area (Å²) in [6.07, 6.45) is 12.4. The van der Waals surface area contributed by atoms with E-state index in [2.05, 4.69) is 6.92 Å². The van der Waals surface area contributed by atoms with E-state index in [1.165, 1.54) is 51.4 Å². The fourth-order valence-corrected chi connectivity index (χ4v) is 3.64. The number of hydrogen-bond donors (Lipinski definition) is 2. The Hall–Kier alpha value is -0.500. The molecule has 2 atom stereocenters. The molecule has 8 nitrogen and oxygen atoms in total. The van der Waals surface area contributed by atoms with Crippen molar-refractivity contribution in [2.24, 2.45) is 0 Å². The van der Waals surface area contributed by atoms with Crippen LogP contribution < -0.4 is 0 Å². The van der Waals surface area contributed by atoms with Gasteiger partial charge in [0.25, 0.3) is 0 Å². The molecule has 0 bridgehead atoms. The summed E-state index contributed by atoms with van der Waals surface area (Å²) in [6, 6.07) is 0. The van der Waals surface area contributed by atoms with E-state index < -0.39 is 20.5 Å². The van der Waals surface area contributed by atoms with Crippen LogP contribution in [0.3, 0.4) is 0 Å². The van der Waals surface area contributed by atoms with Gasteiger partial charge in [-0.25, -0.2) is 4.57 Å². The lowest BCUT2D eigenvalue weighted by Gasteiger charge is -2.24. The Balaban J connectivity index is 3.63. The van der Waals surface area contributed by atoms with E-state index in [1.54, 1.807) is 0 Å². The summed E-state index contributed by atoms with van der Waals surface area (Å²) in [5, 5.41) is 9.78. The molecule has 0 aliphatic heterocycles. The largest absolute Gasteiger partial charge is 0.472 e. The third-order valence-electron chi connectivity index (χ3n) is 4.87. The molecule has 0 rings (SSSR count). The standard InChI is InChI=1S/C22H46NO7P/c1-5-6-7-8-9-10-11-12-13-14-15-16-22(25)28-19-21(24)20-30-31(26,27)29-18-17-23(2,3)4/h21,24H,5-20H2,1-4H3/p+1/t21-/m0/s1. The maximum Gasteiger partial charge on any atom is 0.472 e. The van der Waals surface area contributed by atoms with Gasteiger partial charge in [-0.15, -0.1) is 0 Å². The van der Waals surface area contributed by atoms with E-state index in [4.69, 9.17) is 13.8 Å². The topological polar surface area (TPSA) is 102 Å². The van der Waals surface area contributed by atoms with Crippen LogP contribution in [0.15, 0.2) is 0 Å². The monoisotopic (exact) mass is 468 g/mol. The van der Waals surface area contributed by atoms with Gasteiger partial charge < -0.3 is 19.2 Å². The Labute approximate surface area is 189 Å². The molecule has 31 heavy (non-hydrogen) atoms. The zero-order valence-corrected chi connectivity index (χ0v) is 21.1. The highest BCUT2D eigenvalue weighted by Crippen LogP contribution is 2.43. The summed E-state index contributed by atoms with van der Waals surface area (Å²) < 4.78 is 26.9. The maximum atomic E-state index is 11.8. The summed E-state index contributed by atoms with van der Waals surface area (Å²) >= 11 is 0. The number of nitrogens with zero attached hydrogens (tertiary/aromatic N) is 1. The molecule has 0 aromatic rings. The van der Waals surface area contributed by atoms with Gasteiger partial charge in [-0.2, -0.15) is 0 Å². The van der Waals surface area contributed by atoms with Gasteiger partial charge in [-0.1, -0.05) is 71.1 Å². The van der Waals surface area contributed by atoms with E-state index in [9.17, 15) is 19.4 Å². The smallest absolute Gasteiger partial charge is 0.463 e. The first-order valence-electron chi connectivity index (χ1n) is 11.8. The molecule has 0 heterocycles. The van der Waals surface area contributed by atoms with Crippen LogP contribution in [0, 0.1) is 0 Å². The van der Waals surface area contributed by atoms with E-state index in [1.807, 2.05) is 21.1 Å². The van der Waals surface area contributed by atoms with Crippen LogP contribution in [0.25, 0.3) is 0 Å². The number of quaternary nitrogens is 1. The number of carbonyl (C=O) groups excluding carboxylic acids is 1. The number of hydrogen-bond acceptors (Lipinski definition) is 6. The molecule has 186 valence electrons. The molecular formula is C22H47NO7P+. The maximum absolute atomic E-state index is 11.8. The van der Waals surface area contributed by atoms with Gasteiger partial charge in [-0.05, 0) is 6.42 Å². The van der Waals surface area contributed by atoms with Crippen molar-refractivity contribution in [1.82, 2.24) is 0 Å². The summed E-state index contributed by atoms with van der Waals surface area (Å²) in [5.74, 6) is -0.374. The Morgan fingerprint density at radius 3 is 1.90 bits per heavy atom. The second kappa shape index (κ2) is 18.0. The van der Waals surface area contributed by atoms with Gasteiger partial charge in [-0.3, -0.25) is 13.8 Å². The van der Waals surface area contributed by atoms with Crippen molar-refractivity contribution in [3.63, 3.8) is 0 Å². The molecule has 0 aromatic carbocycles. The van der Waals surface area contributed by atoms with E-state index in [0.29, 0.717) is 17.4 Å². The Bertz CT molecular complexity index is 497. The van der Waals surface area contributed by atoms with Crippen molar-refractivity contribution >= 4 is 13.8 Å². The van der Waals surface area contributed by atoms with Crippen molar-refractivity contribution in [1.29, 1.82) is 0 Å². The first-order valence-corrected chi connectivity index (χ1v) is 13.3. The molecule has 0 saturated heterocycles. The summed E-state index contributed by atoms with van der Waals surface area (Å²) in [5.41, 5.74) is 0. The minimum Gasteiger partial charge on any atom is -0.463 e. The minimum atomic E-state index is -4.23. The zero-order valence-electron chi connectivity index (χ0n) is 20.2. The highest BCUT2D eigenvalue weighted by Gasteiger charge is 2.24.